The summed E-state index contributed by atoms with van der Waals surface area (Å²) in [7, 11) is 0. The van der Waals surface area contributed by atoms with Gasteiger partial charge in [-0.3, -0.25) is 0 Å². The molecular weight excluding hydrogens is 531 g/mol. The third-order valence-electron chi connectivity index (χ3n) is 5.98. The lowest BCUT2D eigenvalue weighted by molar-refractivity contribution is 0.0686. The highest BCUT2D eigenvalue weighted by Crippen LogP contribution is 2.32. The van der Waals surface area contributed by atoms with Crippen LogP contribution in [0.25, 0.3) is 0 Å². The summed E-state index contributed by atoms with van der Waals surface area (Å²) in [4.78, 5) is 22.2. The van der Waals surface area contributed by atoms with Gasteiger partial charge in [-0.2, -0.15) is 0 Å². The van der Waals surface area contributed by atoms with Gasteiger partial charge >= 0.3 is 11.9 Å². The first-order valence-corrected chi connectivity index (χ1v) is 11.7. The molecule has 33 heavy (non-hydrogen) atoms. The van der Waals surface area contributed by atoms with Crippen LogP contribution in [0.2, 0.25) is 0 Å². The molecule has 172 valence electrons. The number of allylic oxidation sites excluding steroid dienone is 3. The van der Waals surface area contributed by atoms with Crippen molar-refractivity contribution < 1.29 is 22.9 Å². The minimum Gasteiger partial charge on any atom is -0.478 e. The standard InChI is InChI=1S/C27H27IO5/c1-27(33-28)17-3-2-4-24(27)16-11-20(18-21-9-14-23(15-10-21)26(31)32)6-5-19-7-12-22(13-8-19)25(29)30/h2-4,7-17,20,24H,5-6,18H2,1H3,(H,29,30)(H,31,32)/b16-11+. The van der Waals surface area contributed by atoms with Gasteiger partial charge in [0.25, 0.3) is 0 Å². The number of carbonyl (C=O) groups is 2. The Morgan fingerprint density at radius 1 is 1.00 bits per heavy atom. The Balaban J connectivity index is 1.76. The minimum atomic E-state index is -0.932. The van der Waals surface area contributed by atoms with Crippen molar-refractivity contribution in [2.75, 3.05) is 0 Å². The van der Waals surface area contributed by atoms with Crippen molar-refractivity contribution in [3.8, 4) is 0 Å². The molecule has 0 heterocycles. The lowest BCUT2D eigenvalue weighted by Gasteiger charge is -2.30. The van der Waals surface area contributed by atoms with E-state index in [4.69, 9.17) is 13.3 Å². The summed E-state index contributed by atoms with van der Waals surface area (Å²) in [5, 5.41) is 18.3. The highest BCUT2D eigenvalue weighted by molar-refractivity contribution is 14.1. The monoisotopic (exact) mass is 558 g/mol. The molecule has 3 unspecified atom stereocenters. The molecule has 0 spiro atoms. The molecule has 2 aromatic rings. The molecule has 0 saturated carbocycles. The summed E-state index contributed by atoms with van der Waals surface area (Å²) in [5.74, 6) is -1.54. The predicted octanol–water partition coefficient (Wildman–Crippen LogP) is 6.30. The van der Waals surface area contributed by atoms with Crippen molar-refractivity contribution in [1.29, 1.82) is 0 Å². The second-order valence-corrected chi connectivity index (χ2v) is 8.86. The lowest BCUT2D eigenvalue weighted by Crippen LogP contribution is -2.32. The van der Waals surface area contributed by atoms with E-state index in [-0.39, 0.29) is 23.0 Å². The average Bonchev–Trinajstić information content (AvgIpc) is 2.82. The maximum absolute atomic E-state index is 11.2. The molecule has 0 aliphatic heterocycles. The molecule has 0 saturated heterocycles. The summed E-state index contributed by atoms with van der Waals surface area (Å²) in [6, 6.07) is 14.0. The van der Waals surface area contributed by atoms with E-state index in [1.54, 1.807) is 24.3 Å². The Kier molecular flexibility index (Phi) is 8.63. The smallest absolute Gasteiger partial charge is 0.335 e. The number of carboxylic acid groups (broad SMARTS) is 2. The first-order chi connectivity index (χ1) is 15.8. The number of rotatable bonds is 10. The molecule has 0 bridgehead atoms. The molecule has 3 rings (SSSR count). The van der Waals surface area contributed by atoms with Gasteiger partial charge in [0.1, 0.15) is 28.6 Å². The fourth-order valence-electron chi connectivity index (χ4n) is 3.86. The molecule has 3 atom stereocenters. The predicted molar refractivity (Wildman–Crippen MR) is 137 cm³/mol. The number of hydrogen-bond donors (Lipinski definition) is 2. The van der Waals surface area contributed by atoms with Gasteiger partial charge in [0.2, 0.25) is 0 Å². The van der Waals surface area contributed by atoms with Gasteiger partial charge in [0.05, 0.1) is 11.1 Å². The van der Waals surface area contributed by atoms with Crippen molar-refractivity contribution in [1.82, 2.24) is 0 Å². The first-order valence-electron chi connectivity index (χ1n) is 10.8. The second kappa shape index (κ2) is 11.4. The molecule has 2 N–H and O–H groups in total. The summed E-state index contributed by atoms with van der Waals surface area (Å²) < 4.78 is 5.71. The third-order valence-corrected chi connectivity index (χ3v) is 6.93. The molecule has 5 nitrogen and oxygen atoms in total. The van der Waals surface area contributed by atoms with E-state index < -0.39 is 17.5 Å². The van der Waals surface area contributed by atoms with Gasteiger partial charge in [-0.05, 0) is 67.5 Å². The molecular formula is C27H27IO5. The average molecular weight is 558 g/mol. The molecule has 0 aromatic heterocycles. The largest absolute Gasteiger partial charge is 0.478 e. The van der Waals surface area contributed by atoms with Crippen molar-refractivity contribution >= 4 is 34.9 Å². The Morgan fingerprint density at radius 3 is 2.12 bits per heavy atom. The molecule has 1 aliphatic rings. The van der Waals surface area contributed by atoms with Crippen LogP contribution >= 0.6 is 23.0 Å². The first kappa shape index (κ1) is 24.9. The van der Waals surface area contributed by atoms with Crippen molar-refractivity contribution in [3.05, 3.63) is 107 Å². The summed E-state index contributed by atoms with van der Waals surface area (Å²) in [6.45, 7) is 2.05. The SMILES string of the molecule is CC1(OI)C=CC=CC1/C=C/C(CCc1ccc(C(=O)O)cc1)Cc1ccc(C(=O)O)cc1. The van der Waals surface area contributed by atoms with Crippen LogP contribution in [0.3, 0.4) is 0 Å². The van der Waals surface area contributed by atoms with Gasteiger partial charge in [0.15, 0.2) is 0 Å². The maximum Gasteiger partial charge on any atom is 0.335 e. The van der Waals surface area contributed by atoms with Crippen molar-refractivity contribution in [3.63, 3.8) is 0 Å². The van der Waals surface area contributed by atoms with Crippen molar-refractivity contribution in [2.45, 2.75) is 31.8 Å². The number of aryl methyl sites for hydroxylation is 1. The fraction of sp³-hybridized carbons (Fsp3) is 0.259. The van der Waals surface area contributed by atoms with Crippen LogP contribution in [-0.4, -0.2) is 27.8 Å². The van der Waals surface area contributed by atoms with Crippen LogP contribution in [0.15, 0.2) is 85.0 Å². The van der Waals surface area contributed by atoms with Crippen LogP contribution in [0.4, 0.5) is 0 Å². The summed E-state index contributed by atoms with van der Waals surface area (Å²) in [6.07, 6.45) is 15.1. The Labute approximate surface area is 208 Å². The van der Waals surface area contributed by atoms with Gasteiger partial charge < -0.3 is 13.3 Å². The molecule has 6 heteroatoms. The van der Waals surface area contributed by atoms with E-state index in [1.165, 1.54) is 0 Å². The molecule has 0 fully saturated rings. The Morgan fingerprint density at radius 2 is 1.58 bits per heavy atom. The van der Waals surface area contributed by atoms with Crippen LogP contribution in [0.1, 0.15) is 45.2 Å². The number of aromatic carboxylic acids is 2. The quantitative estimate of drug-likeness (QED) is 0.264. The summed E-state index contributed by atoms with van der Waals surface area (Å²) in [5.41, 5.74) is 2.30. The number of halogens is 1. The number of hydrogen-bond acceptors (Lipinski definition) is 3. The zero-order valence-electron chi connectivity index (χ0n) is 18.4. The van der Waals surface area contributed by atoms with Gasteiger partial charge in [-0.1, -0.05) is 60.7 Å². The number of benzene rings is 2. The van der Waals surface area contributed by atoms with Crippen LogP contribution in [-0.2, 0) is 15.9 Å². The maximum atomic E-state index is 11.2. The zero-order valence-corrected chi connectivity index (χ0v) is 20.5. The second-order valence-electron chi connectivity index (χ2n) is 8.42. The molecule has 0 radical (unpaired) electrons. The fourth-order valence-corrected chi connectivity index (χ4v) is 4.30. The minimum absolute atomic E-state index is 0.103. The van der Waals surface area contributed by atoms with E-state index in [1.807, 2.05) is 59.4 Å². The van der Waals surface area contributed by atoms with E-state index in [2.05, 4.69) is 31.2 Å². The van der Waals surface area contributed by atoms with Crippen LogP contribution in [0.5, 0.6) is 0 Å². The Bertz CT molecular complexity index is 1050. The van der Waals surface area contributed by atoms with Gasteiger partial charge in [-0.25, -0.2) is 9.59 Å². The van der Waals surface area contributed by atoms with Crippen LogP contribution < -0.4 is 0 Å². The van der Waals surface area contributed by atoms with E-state index in [0.717, 1.165) is 30.4 Å². The van der Waals surface area contributed by atoms with E-state index >= 15 is 0 Å². The number of carboxylic acids is 2. The zero-order chi connectivity index (χ0) is 23.8. The van der Waals surface area contributed by atoms with Gasteiger partial charge in [-0.15, -0.1) is 0 Å². The lowest BCUT2D eigenvalue weighted by atomic mass is 9.83. The Hall–Kier alpha value is -2.71. The normalized spacial score (nSPS) is 20.7. The van der Waals surface area contributed by atoms with Crippen molar-refractivity contribution in [2.24, 2.45) is 11.8 Å². The molecule has 1 aliphatic carbocycles. The summed E-state index contributed by atoms with van der Waals surface area (Å²) >= 11 is 1.95. The molecule has 0 amide bonds. The highest BCUT2D eigenvalue weighted by atomic mass is 127. The highest BCUT2D eigenvalue weighted by Gasteiger charge is 2.30. The van der Waals surface area contributed by atoms with E-state index in [9.17, 15) is 9.59 Å². The van der Waals surface area contributed by atoms with Gasteiger partial charge in [0, 0.05) is 5.92 Å². The third kappa shape index (κ3) is 6.88. The van der Waals surface area contributed by atoms with Crippen LogP contribution in [0, 0.1) is 11.8 Å². The topological polar surface area (TPSA) is 83.8 Å². The molecule has 2 aromatic carbocycles. The van der Waals surface area contributed by atoms with E-state index in [0.29, 0.717) is 0 Å².